The molecular formula is C18H20N4O2. The first-order chi connectivity index (χ1) is 11.8. The largest absolute Gasteiger partial charge is 0.491 e. The summed E-state index contributed by atoms with van der Waals surface area (Å²) < 4.78 is 12.4. The maximum absolute atomic E-state index is 5.56. The average Bonchev–Trinajstić information content (AvgIpc) is 3.16. The van der Waals surface area contributed by atoms with Gasteiger partial charge < -0.3 is 14.8 Å². The van der Waals surface area contributed by atoms with E-state index in [0.29, 0.717) is 13.2 Å². The second kappa shape index (κ2) is 8.12. The van der Waals surface area contributed by atoms with E-state index in [-0.39, 0.29) is 0 Å². The molecule has 0 unspecified atom stereocenters. The Morgan fingerprint density at radius 1 is 1.00 bits per heavy atom. The first-order valence-electron chi connectivity index (χ1n) is 7.75. The predicted octanol–water partition coefficient (Wildman–Crippen LogP) is 2.90. The van der Waals surface area contributed by atoms with Crippen molar-refractivity contribution >= 4 is 5.69 Å². The van der Waals surface area contributed by atoms with Crippen LogP contribution in [0.4, 0.5) is 5.69 Å². The highest BCUT2D eigenvalue weighted by Gasteiger charge is 2.00. The number of nitrogens with one attached hydrogen (secondary N) is 1. The molecule has 3 rings (SSSR count). The third kappa shape index (κ3) is 4.33. The van der Waals surface area contributed by atoms with Crippen LogP contribution in [0.1, 0.15) is 5.56 Å². The number of hydrogen-bond donors (Lipinski definition) is 1. The van der Waals surface area contributed by atoms with Crippen molar-refractivity contribution in [3.05, 3.63) is 66.7 Å². The number of aromatic nitrogens is 3. The molecule has 1 aromatic heterocycles. The Kier molecular flexibility index (Phi) is 5.42. The summed E-state index contributed by atoms with van der Waals surface area (Å²) in [7, 11) is 1.66. The second-order valence-electron chi connectivity index (χ2n) is 5.26. The van der Waals surface area contributed by atoms with Gasteiger partial charge in [0, 0.05) is 19.3 Å². The van der Waals surface area contributed by atoms with Crippen LogP contribution in [-0.4, -0.2) is 35.1 Å². The molecule has 0 radical (unpaired) electrons. The van der Waals surface area contributed by atoms with Gasteiger partial charge in [0.15, 0.2) is 0 Å². The maximum Gasteiger partial charge on any atom is 0.123 e. The van der Waals surface area contributed by atoms with Crippen LogP contribution in [0.15, 0.2) is 61.2 Å². The molecule has 0 aliphatic rings. The van der Waals surface area contributed by atoms with Crippen LogP contribution in [0.2, 0.25) is 0 Å². The smallest absolute Gasteiger partial charge is 0.123 e. The highest BCUT2D eigenvalue weighted by molar-refractivity contribution is 5.51. The van der Waals surface area contributed by atoms with Gasteiger partial charge in [-0.3, -0.25) is 4.57 Å². The normalized spacial score (nSPS) is 10.5. The Bertz CT molecular complexity index is 742. The van der Waals surface area contributed by atoms with Crippen LogP contribution < -0.4 is 10.1 Å². The predicted molar refractivity (Wildman–Crippen MR) is 92.5 cm³/mol. The van der Waals surface area contributed by atoms with Crippen LogP contribution in [0, 0.1) is 0 Å². The lowest BCUT2D eigenvalue weighted by molar-refractivity contribution is 0.146. The molecular weight excluding hydrogens is 304 g/mol. The number of rotatable bonds is 8. The van der Waals surface area contributed by atoms with Crippen molar-refractivity contribution in [1.82, 2.24) is 14.8 Å². The van der Waals surface area contributed by atoms with Gasteiger partial charge in [0.1, 0.15) is 25.0 Å². The third-order valence-electron chi connectivity index (χ3n) is 3.54. The first-order valence-corrected chi connectivity index (χ1v) is 7.75. The molecule has 0 aliphatic carbocycles. The van der Waals surface area contributed by atoms with Gasteiger partial charge >= 0.3 is 0 Å². The van der Waals surface area contributed by atoms with Gasteiger partial charge in [-0.25, -0.2) is 0 Å². The molecule has 0 bridgehead atoms. The van der Waals surface area contributed by atoms with Crippen LogP contribution in [0.25, 0.3) is 5.69 Å². The molecule has 0 fully saturated rings. The van der Waals surface area contributed by atoms with E-state index < -0.39 is 0 Å². The zero-order valence-corrected chi connectivity index (χ0v) is 13.6. The fourth-order valence-corrected chi connectivity index (χ4v) is 2.26. The van der Waals surface area contributed by atoms with E-state index >= 15 is 0 Å². The number of nitrogens with zero attached hydrogens (tertiary/aromatic N) is 3. The summed E-state index contributed by atoms with van der Waals surface area (Å²) in [6.45, 7) is 1.89. The van der Waals surface area contributed by atoms with E-state index in [1.165, 1.54) is 5.56 Å². The van der Waals surface area contributed by atoms with Gasteiger partial charge in [0.25, 0.3) is 0 Å². The van der Waals surface area contributed by atoms with Crippen molar-refractivity contribution in [3.8, 4) is 11.4 Å². The molecule has 6 heteroatoms. The minimum absolute atomic E-state index is 0.560. The summed E-state index contributed by atoms with van der Waals surface area (Å²) >= 11 is 0. The standard InChI is InChI=1S/C18H20N4O2/c1-23-9-10-24-18-7-5-15(6-8-18)12-19-16-3-2-4-17(11-16)22-13-20-21-14-22/h2-8,11,13-14,19H,9-10,12H2,1H3. The van der Waals surface area contributed by atoms with Crippen molar-refractivity contribution < 1.29 is 9.47 Å². The van der Waals surface area contributed by atoms with Gasteiger partial charge in [-0.15, -0.1) is 10.2 Å². The lowest BCUT2D eigenvalue weighted by Crippen LogP contribution is -2.04. The van der Waals surface area contributed by atoms with Crippen LogP contribution in [0.5, 0.6) is 5.75 Å². The van der Waals surface area contributed by atoms with Crippen molar-refractivity contribution in [1.29, 1.82) is 0 Å². The summed E-state index contributed by atoms with van der Waals surface area (Å²) in [6.07, 6.45) is 3.36. The SMILES string of the molecule is COCCOc1ccc(CNc2cccc(-n3cnnc3)c2)cc1. The third-order valence-corrected chi connectivity index (χ3v) is 3.54. The molecule has 24 heavy (non-hydrogen) atoms. The van der Waals surface area contributed by atoms with Gasteiger partial charge in [0.2, 0.25) is 0 Å². The fraction of sp³-hybridized carbons (Fsp3) is 0.222. The zero-order valence-electron chi connectivity index (χ0n) is 13.6. The summed E-state index contributed by atoms with van der Waals surface area (Å²) in [6, 6.07) is 16.2. The molecule has 0 saturated carbocycles. The maximum atomic E-state index is 5.56. The van der Waals surface area contributed by atoms with E-state index in [4.69, 9.17) is 9.47 Å². The van der Waals surface area contributed by atoms with E-state index in [1.54, 1.807) is 19.8 Å². The molecule has 0 saturated heterocycles. The van der Waals surface area contributed by atoms with Gasteiger partial charge in [-0.2, -0.15) is 0 Å². The van der Waals surface area contributed by atoms with Gasteiger partial charge in [-0.1, -0.05) is 18.2 Å². The summed E-state index contributed by atoms with van der Waals surface area (Å²) in [5, 5.41) is 11.1. The van der Waals surface area contributed by atoms with Crippen LogP contribution in [-0.2, 0) is 11.3 Å². The minimum atomic E-state index is 0.560. The molecule has 124 valence electrons. The topological polar surface area (TPSA) is 61.2 Å². The molecule has 0 aliphatic heterocycles. The lowest BCUT2D eigenvalue weighted by Gasteiger charge is -2.10. The molecule has 6 nitrogen and oxygen atoms in total. The number of methoxy groups -OCH3 is 1. The molecule has 3 aromatic rings. The lowest BCUT2D eigenvalue weighted by atomic mass is 10.2. The summed E-state index contributed by atoms with van der Waals surface area (Å²) in [5.41, 5.74) is 3.25. The summed E-state index contributed by atoms with van der Waals surface area (Å²) in [5.74, 6) is 0.852. The molecule has 0 amide bonds. The molecule has 0 atom stereocenters. The van der Waals surface area contributed by atoms with Gasteiger partial charge in [-0.05, 0) is 35.9 Å². The highest BCUT2D eigenvalue weighted by Crippen LogP contribution is 2.16. The first kappa shape index (κ1) is 16.0. The van der Waals surface area contributed by atoms with Crippen LogP contribution >= 0.6 is 0 Å². The Hall–Kier alpha value is -2.86. The minimum Gasteiger partial charge on any atom is -0.491 e. The van der Waals surface area contributed by atoms with Crippen LogP contribution in [0.3, 0.4) is 0 Å². The van der Waals surface area contributed by atoms with Crippen molar-refractivity contribution in [3.63, 3.8) is 0 Å². The monoisotopic (exact) mass is 324 g/mol. The Balaban J connectivity index is 1.57. The van der Waals surface area contributed by atoms with E-state index in [9.17, 15) is 0 Å². The molecule has 1 heterocycles. The van der Waals surface area contributed by atoms with E-state index in [1.807, 2.05) is 34.9 Å². The Morgan fingerprint density at radius 2 is 1.79 bits per heavy atom. The zero-order chi connectivity index (χ0) is 16.6. The second-order valence-corrected chi connectivity index (χ2v) is 5.26. The fourth-order valence-electron chi connectivity index (χ4n) is 2.26. The number of benzene rings is 2. The average molecular weight is 324 g/mol. The van der Waals surface area contributed by atoms with Crippen molar-refractivity contribution in [2.24, 2.45) is 0 Å². The van der Waals surface area contributed by atoms with E-state index in [2.05, 4.69) is 33.7 Å². The Morgan fingerprint density at radius 3 is 2.54 bits per heavy atom. The molecule has 1 N–H and O–H groups in total. The van der Waals surface area contributed by atoms with Crippen molar-refractivity contribution in [2.45, 2.75) is 6.54 Å². The Labute approximate surface area is 141 Å². The van der Waals surface area contributed by atoms with E-state index in [0.717, 1.165) is 23.7 Å². The number of ether oxygens (including phenoxy) is 2. The quantitative estimate of drug-likeness (QED) is 0.646. The molecule has 0 spiro atoms. The molecule has 2 aromatic carbocycles. The summed E-state index contributed by atoms with van der Waals surface area (Å²) in [4.78, 5) is 0. The van der Waals surface area contributed by atoms with Crippen molar-refractivity contribution in [2.75, 3.05) is 25.6 Å². The number of anilines is 1. The highest BCUT2D eigenvalue weighted by atomic mass is 16.5. The number of hydrogen-bond acceptors (Lipinski definition) is 5. The van der Waals surface area contributed by atoms with Gasteiger partial charge in [0.05, 0.1) is 12.3 Å².